The van der Waals surface area contributed by atoms with Crippen LogP contribution in [-0.2, 0) is 0 Å². The van der Waals surface area contributed by atoms with Gasteiger partial charge in [-0.05, 0) is 68.9 Å². The largest absolute Gasteiger partial charge is 0.451 e. The normalized spacial score (nSPS) is 18.9. The first-order valence-corrected chi connectivity index (χ1v) is 8.03. The van der Waals surface area contributed by atoms with Gasteiger partial charge in [0.25, 0.3) is 5.91 Å². The summed E-state index contributed by atoms with van der Waals surface area (Å²) in [4.78, 5) is 14.6. The highest BCUT2D eigenvalue weighted by molar-refractivity contribution is 5.96. The minimum absolute atomic E-state index is 0.0512. The number of hydrogen-bond donors (Lipinski definition) is 1. The fourth-order valence-electron chi connectivity index (χ4n) is 3.27. The molecule has 4 heteroatoms. The summed E-state index contributed by atoms with van der Waals surface area (Å²) in [5, 5.41) is 10.2. The van der Waals surface area contributed by atoms with Gasteiger partial charge in [-0.25, -0.2) is 0 Å². The lowest BCUT2D eigenvalue weighted by Crippen LogP contribution is -2.44. The van der Waals surface area contributed by atoms with Crippen molar-refractivity contribution in [2.24, 2.45) is 0 Å². The van der Waals surface area contributed by atoms with Gasteiger partial charge in [0.1, 0.15) is 5.58 Å². The highest BCUT2D eigenvalue weighted by Crippen LogP contribution is 2.27. The first-order chi connectivity index (χ1) is 10.6. The van der Waals surface area contributed by atoms with E-state index in [0.29, 0.717) is 12.2 Å². The molecule has 1 saturated heterocycles. The Balaban J connectivity index is 1.90. The van der Waals surface area contributed by atoms with Crippen LogP contribution in [0.1, 0.15) is 47.4 Å². The van der Waals surface area contributed by atoms with Gasteiger partial charge in [0.15, 0.2) is 5.76 Å². The van der Waals surface area contributed by atoms with E-state index >= 15 is 0 Å². The maximum atomic E-state index is 12.8. The number of benzene rings is 1. The van der Waals surface area contributed by atoms with Gasteiger partial charge in [0.05, 0.1) is 0 Å². The number of nitrogens with zero attached hydrogens (tertiary/aromatic N) is 1. The van der Waals surface area contributed by atoms with Crippen LogP contribution in [0, 0.1) is 13.8 Å². The predicted octanol–water partition coefficient (Wildman–Crippen LogP) is 3.43. The fraction of sp³-hybridized carbons (Fsp3) is 0.500. The number of amides is 1. The Hall–Kier alpha value is -1.81. The zero-order chi connectivity index (χ0) is 15.7. The van der Waals surface area contributed by atoms with Gasteiger partial charge >= 0.3 is 0 Å². The summed E-state index contributed by atoms with van der Waals surface area (Å²) in [7, 11) is 0. The predicted molar refractivity (Wildman–Crippen MR) is 86.1 cm³/mol. The van der Waals surface area contributed by atoms with E-state index in [2.05, 4.69) is 13.0 Å². The first-order valence-electron chi connectivity index (χ1n) is 8.03. The summed E-state index contributed by atoms with van der Waals surface area (Å²) >= 11 is 0. The molecule has 0 bridgehead atoms. The second-order valence-corrected chi connectivity index (χ2v) is 6.25. The van der Waals surface area contributed by atoms with E-state index in [9.17, 15) is 9.90 Å². The van der Waals surface area contributed by atoms with Crippen molar-refractivity contribution in [3.8, 4) is 0 Å². The first kappa shape index (κ1) is 15.1. The van der Waals surface area contributed by atoms with Gasteiger partial charge in [-0.3, -0.25) is 4.79 Å². The molecule has 118 valence electrons. The number of likely N-dealkylation sites (tertiary alicyclic amines) is 1. The van der Waals surface area contributed by atoms with Crippen LogP contribution in [0.4, 0.5) is 0 Å². The van der Waals surface area contributed by atoms with E-state index < -0.39 is 0 Å². The Morgan fingerprint density at radius 3 is 2.82 bits per heavy atom. The lowest BCUT2D eigenvalue weighted by atomic mass is 9.99. The Morgan fingerprint density at radius 1 is 1.27 bits per heavy atom. The van der Waals surface area contributed by atoms with Crippen LogP contribution < -0.4 is 0 Å². The minimum Gasteiger partial charge on any atom is -0.451 e. The average molecular weight is 301 g/mol. The third-order valence-corrected chi connectivity index (χ3v) is 4.69. The molecule has 1 aromatic heterocycles. The number of aliphatic hydroxyl groups is 1. The van der Waals surface area contributed by atoms with Gasteiger partial charge < -0.3 is 14.4 Å². The molecule has 2 heterocycles. The second kappa shape index (κ2) is 6.13. The lowest BCUT2D eigenvalue weighted by Gasteiger charge is -2.34. The molecule has 1 aromatic carbocycles. The molecular weight excluding hydrogens is 278 g/mol. The molecule has 22 heavy (non-hydrogen) atoms. The van der Waals surface area contributed by atoms with Crippen molar-refractivity contribution in [1.29, 1.82) is 0 Å². The van der Waals surface area contributed by atoms with Crippen molar-refractivity contribution in [3.05, 3.63) is 35.1 Å². The third kappa shape index (κ3) is 2.75. The minimum atomic E-state index is -0.0512. The molecule has 0 radical (unpaired) electrons. The highest BCUT2D eigenvalue weighted by Gasteiger charge is 2.29. The Morgan fingerprint density at radius 2 is 2.05 bits per heavy atom. The fourth-order valence-corrected chi connectivity index (χ4v) is 3.27. The van der Waals surface area contributed by atoms with Crippen LogP contribution in [-0.4, -0.2) is 35.1 Å². The van der Waals surface area contributed by atoms with E-state index in [0.717, 1.165) is 42.3 Å². The lowest BCUT2D eigenvalue weighted by molar-refractivity contribution is 0.0545. The monoisotopic (exact) mass is 301 g/mol. The van der Waals surface area contributed by atoms with Crippen molar-refractivity contribution in [2.45, 2.75) is 45.6 Å². The van der Waals surface area contributed by atoms with Crippen LogP contribution in [0.5, 0.6) is 0 Å². The number of furan rings is 1. The van der Waals surface area contributed by atoms with E-state index in [4.69, 9.17) is 4.42 Å². The van der Waals surface area contributed by atoms with E-state index in [-0.39, 0.29) is 18.6 Å². The molecule has 0 saturated carbocycles. The average Bonchev–Trinajstić information content (AvgIpc) is 2.91. The molecule has 0 spiro atoms. The van der Waals surface area contributed by atoms with Crippen molar-refractivity contribution < 1.29 is 14.3 Å². The maximum Gasteiger partial charge on any atom is 0.289 e. The Bertz CT molecular complexity index is 648. The molecule has 2 aromatic rings. The zero-order valence-electron chi connectivity index (χ0n) is 13.3. The van der Waals surface area contributed by atoms with Crippen LogP contribution >= 0.6 is 0 Å². The standard InChI is InChI=1S/C18H23NO3/c1-12-9-14-11-17(22-16(14)10-13(12)2)18(21)19-7-4-3-5-15(19)6-8-20/h9-11,15,20H,3-8H2,1-2H3. The molecule has 1 fully saturated rings. The van der Waals surface area contributed by atoms with Gasteiger partial charge in [-0.2, -0.15) is 0 Å². The molecule has 0 aliphatic carbocycles. The van der Waals surface area contributed by atoms with Crippen LogP contribution in [0.15, 0.2) is 22.6 Å². The van der Waals surface area contributed by atoms with Gasteiger partial charge in [0.2, 0.25) is 0 Å². The number of piperidine rings is 1. The number of aryl methyl sites for hydroxylation is 2. The second-order valence-electron chi connectivity index (χ2n) is 6.25. The topological polar surface area (TPSA) is 53.7 Å². The summed E-state index contributed by atoms with van der Waals surface area (Å²) in [5.41, 5.74) is 3.13. The number of fused-ring (bicyclic) bond motifs is 1. The number of carbonyl (C=O) groups excluding carboxylic acids is 1. The van der Waals surface area contributed by atoms with Crippen LogP contribution in [0.2, 0.25) is 0 Å². The van der Waals surface area contributed by atoms with Crippen molar-refractivity contribution in [1.82, 2.24) is 4.90 Å². The SMILES string of the molecule is Cc1cc2cc(C(=O)N3CCCCC3CCO)oc2cc1C. The molecular formula is C18H23NO3. The van der Waals surface area contributed by atoms with Crippen molar-refractivity contribution in [2.75, 3.05) is 13.2 Å². The molecule has 1 aliphatic heterocycles. The molecule has 1 N–H and O–H groups in total. The highest BCUT2D eigenvalue weighted by atomic mass is 16.3. The number of aliphatic hydroxyl groups excluding tert-OH is 1. The van der Waals surface area contributed by atoms with E-state index in [1.807, 2.05) is 24.0 Å². The third-order valence-electron chi connectivity index (χ3n) is 4.69. The molecule has 1 amide bonds. The van der Waals surface area contributed by atoms with Crippen molar-refractivity contribution in [3.63, 3.8) is 0 Å². The molecule has 1 aliphatic rings. The smallest absolute Gasteiger partial charge is 0.289 e. The van der Waals surface area contributed by atoms with Crippen LogP contribution in [0.3, 0.4) is 0 Å². The molecule has 3 rings (SSSR count). The summed E-state index contributed by atoms with van der Waals surface area (Å²) in [6, 6.07) is 6.02. The van der Waals surface area contributed by atoms with E-state index in [1.165, 1.54) is 5.56 Å². The Labute approximate surface area is 130 Å². The molecule has 1 atom stereocenters. The van der Waals surface area contributed by atoms with Crippen LogP contribution in [0.25, 0.3) is 11.0 Å². The quantitative estimate of drug-likeness (QED) is 0.945. The van der Waals surface area contributed by atoms with Gasteiger partial charge in [-0.1, -0.05) is 0 Å². The van der Waals surface area contributed by atoms with Crippen molar-refractivity contribution >= 4 is 16.9 Å². The number of carbonyl (C=O) groups is 1. The summed E-state index contributed by atoms with van der Waals surface area (Å²) < 4.78 is 5.79. The molecule has 4 nitrogen and oxygen atoms in total. The number of rotatable bonds is 3. The van der Waals surface area contributed by atoms with Gasteiger partial charge in [-0.15, -0.1) is 0 Å². The Kier molecular flexibility index (Phi) is 4.21. The molecule has 1 unspecified atom stereocenters. The maximum absolute atomic E-state index is 12.8. The summed E-state index contributed by atoms with van der Waals surface area (Å²) in [5.74, 6) is 0.356. The van der Waals surface area contributed by atoms with E-state index in [1.54, 1.807) is 0 Å². The zero-order valence-corrected chi connectivity index (χ0v) is 13.3. The van der Waals surface area contributed by atoms with Gasteiger partial charge in [0, 0.05) is 24.6 Å². The number of hydrogen-bond acceptors (Lipinski definition) is 3. The summed E-state index contributed by atoms with van der Waals surface area (Å²) in [6.07, 6.45) is 3.74. The summed E-state index contributed by atoms with van der Waals surface area (Å²) in [6.45, 7) is 4.97.